The Kier molecular flexibility index (Phi) is 7.64. The third-order valence-corrected chi connectivity index (χ3v) is 5.72. The van der Waals surface area contributed by atoms with Crippen LogP contribution >= 0.6 is 0 Å². The highest BCUT2D eigenvalue weighted by Crippen LogP contribution is 2.29. The van der Waals surface area contributed by atoms with E-state index in [1.54, 1.807) is 6.92 Å². The van der Waals surface area contributed by atoms with Gasteiger partial charge in [-0.3, -0.25) is 4.79 Å². The molecule has 1 heterocycles. The summed E-state index contributed by atoms with van der Waals surface area (Å²) in [5.74, 6) is 1.35. The molecule has 3 rings (SSSR count). The zero-order valence-corrected chi connectivity index (χ0v) is 16.7. The topological polar surface area (TPSA) is 89.3 Å². The van der Waals surface area contributed by atoms with Crippen LogP contribution in [0.1, 0.15) is 70.0 Å². The van der Waals surface area contributed by atoms with Crippen LogP contribution in [0.2, 0.25) is 0 Å². The minimum absolute atomic E-state index is 0.0282. The molecule has 2 N–H and O–H groups in total. The maximum atomic E-state index is 12.6. The van der Waals surface area contributed by atoms with Gasteiger partial charge in [-0.1, -0.05) is 24.9 Å². The van der Waals surface area contributed by atoms with Crippen molar-refractivity contribution in [2.45, 2.75) is 89.8 Å². The highest BCUT2D eigenvalue weighted by Gasteiger charge is 2.35. The number of hydrogen-bond acceptors (Lipinski definition) is 6. The summed E-state index contributed by atoms with van der Waals surface area (Å²) in [6.07, 6.45) is 9.67. The van der Waals surface area contributed by atoms with Crippen molar-refractivity contribution in [3.8, 4) is 0 Å². The molecule has 1 amide bonds. The van der Waals surface area contributed by atoms with Gasteiger partial charge in [0, 0.05) is 44.5 Å². The van der Waals surface area contributed by atoms with E-state index in [2.05, 4.69) is 27.7 Å². The van der Waals surface area contributed by atoms with Gasteiger partial charge in [0.1, 0.15) is 0 Å². The van der Waals surface area contributed by atoms with E-state index < -0.39 is 0 Å². The maximum absolute atomic E-state index is 12.6. The Bertz CT molecular complexity index is 586. The van der Waals surface area contributed by atoms with Crippen LogP contribution < -0.4 is 10.6 Å². The Morgan fingerprint density at radius 1 is 1.26 bits per heavy atom. The molecule has 0 radical (unpaired) electrons. The Morgan fingerprint density at radius 2 is 2.07 bits per heavy atom. The summed E-state index contributed by atoms with van der Waals surface area (Å²) in [6.45, 7) is 5.20. The number of hydrogen-bond donors (Lipinski definition) is 2. The summed E-state index contributed by atoms with van der Waals surface area (Å²) >= 11 is 0. The Balaban J connectivity index is 1.46. The molecule has 2 fully saturated rings. The fourth-order valence-electron chi connectivity index (χ4n) is 4.29. The Morgan fingerprint density at radius 3 is 2.78 bits per heavy atom. The number of aromatic nitrogens is 2. The van der Waals surface area contributed by atoms with Gasteiger partial charge in [-0.2, -0.15) is 4.98 Å². The standard InChI is InChI=1S/C20H34N4O3/c1-3-12-26-18-13-15(8-9-17(18)23-16-6-4-5-7-16)20(25)21-11-10-19-22-14(2)27-24-19/h15-18,23H,3-13H2,1-2H3,(H,21,25)/t15-,17+,18+/m0/s1. The molecular formula is C20H34N4O3. The number of rotatable bonds is 9. The second-order valence-corrected chi connectivity index (χ2v) is 7.94. The third-order valence-electron chi connectivity index (χ3n) is 5.72. The zero-order valence-electron chi connectivity index (χ0n) is 16.7. The molecule has 27 heavy (non-hydrogen) atoms. The first-order valence-electron chi connectivity index (χ1n) is 10.6. The zero-order chi connectivity index (χ0) is 19.1. The van der Waals surface area contributed by atoms with Crippen molar-refractivity contribution < 1.29 is 14.1 Å². The van der Waals surface area contributed by atoms with Crippen LogP contribution in [0.5, 0.6) is 0 Å². The second-order valence-electron chi connectivity index (χ2n) is 7.94. The van der Waals surface area contributed by atoms with Crippen molar-refractivity contribution in [2.75, 3.05) is 13.2 Å². The van der Waals surface area contributed by atoms with Gasteiger partial charge in [-0.05, 0) is 38.5 Å². The van der Waals surface area contributed by atoms with Gasteiger partial charge in [-0.15, -0.1) is 0 Å². The highest BCUT2D eigenvalue weighted by molar-refractivity contribution is 5.78. The number of ether oxygens (including phenoxy) is 1. The number of nitrogens with one attached hydrogen (secondary N) is 2. The van der Waals surface area contributed by atoms with Crippen molar-refractivity contribution in [3.63, 3.8) is 0 Å². The molecule has 2 aliphatic rings. The summed E-state index contributed by atoms with van der Waals surface area (Å²) in [5, 5.41) is 10.7. The average molecular weight is 379 g/mol. The lowest BCUT2D eigenvalue weighted by Gasteiger charge is -2.37. The van der Waals surface area contributed by atoms with E-state index in [4.69, 9.17) is 9.26 Å². The smallest absolute Gasteiger partial charge is 0.223 e. The predicted octanol–water partition coefficient (Wildman–Crippen LogP) is 2.53. The van der Waals surface area contributed by atoms with Gasteiger partial charge in [0.15, 0.2) is 5.82 Å². The molecule has 0 aromatic carbocycles. The van der Waals surface area contributed by atoms with E-state index in [-0.39, 0.29) is 17.9 Å². The first-order chi connectivity index (χ1) is 13.2. The molecule has 0 unspecified atom stereocenters. The van der Waals surface area contributed by atoms with E-state index >= 15 is 0 Å². The lowest BCUT2D eigenvalue weighted by molar-refractivity contribution is -0.128. The number of nitrogens with zero attached hydrogens (tertiary/aromatic N) is 2. The molecule has 0 aliphatic heterocycles. The first-order valence-corrected chi connectivity index (χ1v) is 10.6. The molecule has 7 nitrogen and oxygen atoms in total. The molecule has 0 bridgehead atoms. The van der Waals surface area contributed by atoms with Crippen LogP contribution in [0.4, 0.5) is 0 Å². The van der Waals surface area contributed by atoms with Crippen LogP contribution in [0.25, 0.3) is 0 Å². The van der Waals surface area contributed by atoms with E-state index in [1.807, 2.05) is 0 Å². The highest BCUT2D eigenvalue weighted by atomic mass is 16.5. The molecule has 2 saturated carbocycles. The third kappa shape index (κ3) is 6.01. The van der Waals surface area contributed by atoms with Gasteiger partial charge >= 0.3 is 0 Å². The summed E-state index contributed by atoms with van der Waals surface area (Å²) in [4.78, 5) is 16.8. The number of carbonyl (C=O) groups is 1. The normalized spacial score (nSPS) is 26.4. The number of aryl methyl sites for hydroxylation is 1. The van der Waals surface area contributed by atoms with Gasteiger partial charge in [-0.25, -0.2) is 0 Å². The molecule has 2 aliphatic carbocycles. The summed E-state index contributed by atoms with van der Waals surface area (Å²) in [5.41, 5.74) is 0. The molecule has 0 spiro atoms. The largest absolute Gasteiger partial charge is 0.377 e. The Labute approximate surface area is 162 Å². The van der Waals surface area contributed by atoms with Gasteiger partial charge in [0.25, 0.3) is 0 Å². The van der Waals surface area contributed by atoms with Crippen LogP contribution in [0.15, 0.2) is 4.52 Å². The molecular weight excluding hydrogens is 344 g/mol. The van der Waals surface area contributed by atoms with Gasteiger partial charge in [0.2, 0.25) is 11.8 Å². The predicted molar refractivity (Wildman–Crippen MR) is 102 cm³/mol. The van der Waals surface area contributed by atoms with Crippen LogP contribution in [-0.4, -0.2) is 47.4 Å². The van der Waals surface area contributed by atoms with Crippen molar-refractivity contribution in [1.29, 1.82) is 0 Å². The Hall–Kier alpha value is -1.47. The number of carbonyl (C=O) groups excluding carboxylic acids is 1. The molecule has 3 atom stereocenters. The average Bonchev–Trinajstić information content (AvgIpc) is 3.32. The molecule has 1 aromatic rings. The number of amides is 1. The fraction of sp³-hybridized carbons (Fsp3) is 0.850. The first kappa shape index (κ1) is 20.3. The van der Waals surface area contributed by atoms with Crippen molar-refractivity contribution in [2.24, 2.45) is 5.92 Å². The minimum atomic E-state index is 0.0282. The van der Waals surface area contributed by atoms with Crippen molar-refractivity contribution >= 4 is 5.91 Å². The van der Waals surface area contributed by atoms with E-state index in [1.165, 1.54) is 25.7 Å². The minimum Gasteiger partial charge on any atom is -0.377 e. The summed E-state index contributed by atoms with van der Waals surface area (Å²) in [6, 6.07) is 1.01. The molecule has 1 aromatic heterocycles. The maximum Gasteiger partial charge on any atom is 0.223 e. The lowest BCUT2D eigenvalue weighted by atomic mass is 9.82. The summed E-state index contributed by atoms with van der Waals surface area (Å²) < 4.78 is 11.1. The fourth-order valence-corrected chi connectivity index (χ4v) is 4.29. The lowest BCUT2D eigenvalue weighted by Crippen LogP contribution is -2.51. The van der Waals surface area contributed by atoms with Gasteiger partial charge < -0.3 is 19.9 Å². The van der Waals surface area contributed by atoms with E-state index in [9.17, 15) is 4.79 Å². The SMILES string of the molecule is CCCO[C@@H]1C[C@@H](C(=O)NCCc2noc(C)n2)CC[C@H]1NC1CCCC1. The summed E-state index contributed by atoms with van der Waals surface area (Å²) in [7, 11) is 0. The molecule has 7 heteroatoms. The van der Waals surface area contributed by atoms with Crippen LogP contribution in [0.3, 0.4) is 0 Å². The van der Waals surface area contributed by atoms with Crippen LogP contribution in [0, 0.1) is 12.8 Å². The van der Waals surface area contributed by atoms with E-state index in [0.717, 1.165) is 32.3 Å². The quantitative estimate of drug-likeness (QED) is 0.686. The monoisotopic (exact) mass is 378 g/mol. The van der Waals surface area contributed by atoms with Crippen molar-refractivity contribution in [3.05, 3.63) is 11.7 Å². The van der Waals surface area contributed by atoms with Crippen LogP contribution in [-0.2, 0) is 16.0 Å². The molecule has 0 saturated heterocycles. The second kappa shape index (κ2) is 10.2. The van der Waals surface area contributed by atoms with Crippen molar-refractivity contribution in [1.82, 2.24) is 20.8 Å². The molecule has 152 valence electrons. The van der Waals surface area contributed by atoms with E-state index in [0.29, 0.717) is 36.8 Å². The van der Waals surface area contributed by atoms with Gasteiger partial charge in [0.05, 0.1) is 6.10 Å².